The number of rotatable bonds is 7. The number of hydrogen-bond donors (Lipinski definition) is 0. The number of methoxy groups -OCH3 is 1. The first-order chi connectivity index (χ1) is 15.2. The van der Waals surface area contributed by atoms with Crippen LogP contribution in [0.1, 0.15) is 37.7 Å². The maximum atomic E-state index is 13.5. The second kappa shape index (κ2) is 8.91. The molecule has 164 valence electrons. The SMILES string of the molecule is COc1cccc2c1CC(N(CCCn1ccc3cc(F)ccc31)C1CCCC1)CO2. The Kier molecular flexibility index (Phi) is 5.86. The van der Waals surface area contributed by atoms with Crippen LogP contribution in [-0.4, -0.2) is 41.8 Å². The lowest BCUT2D eigenvalue weighted by atomic mass is 9.98. The van der Waals surface area contributed by atoms with Gasteiger partial charge in [0.15, 0.2) is 0 Å². The highest BCUT2D eigenvalue weighted by Gasteiger charge is 2.32. The third-order valence-electron chi connectivity index (χ3n) is 6.99. The molecule has 1 aromatic heterocycles. The normalized spacial score (nSPS) is 19.0. The van der Waals surface area contributed by atoms with Crippen LogP contribution in [0.2, 0.25) is 0 Å². The molecule has 31 heavy (non-hydrogen) atoms. The van der Waals surface area contributed by atoms with Crippen LogP contribution >= 0.6 is 0 Å². The van der Waals surface area contributed by atoms with Gasteiger partial charge in [-0.2, -0.15) is 0 Å². The molecule has 4 nitrogen and oxygen atoms in total. The molecular formula is C26H31FN2O2. The Morgan fingerprint density at radius 2 is 2.00 bits per heavy atom. The third-order valence-corrected chi connectivity index (χ3v) is 6.99. The third kappa shape index (κ3) is 4.16. The van der Waals surface area contributed by atoms with E-state index in [1.165, 1.54) is 31.2 Å². The molecular weight excluding hydrogens is 391 g/mol. The Hall–Kier alpha value is -2.53. The van der Waals surface area contributed by atoms with E-state index >= 15 is 0 Å². The van der Waals surface area contributed by atoms with Crippen LogP contribution in [0.5, 0.6) is 11.5 Å². The molecule has 1 atom stereocenters. The standard InChI is InChI=1S/C26H31FN2O2/c1-30-25-8-4-9-26-23(25)17-22(18-31-26)29(21-6-2-3-7-21)14-5-13-28-15-12-19-16-20(27)10-11-24(19)28/h4,8-12,15-16,21-22H,2-3,5-7,13-14,17-18H2,1H3. The highest BCUT2D eigenvalue weighted by atomic mass is 19.1. The van der Waals surface area contributed by atoms with Gasteiger partial charge in [0.1, 0.15) is 23.9 Å². The molecule has 0 amide bonds. The van der Waals surface area contributed by atoms with Crippen molar-refractivity contribution in [2.24, 2.45) is 0 Å². The van der Waals surface area contributed by atoms with Gasteiger partial charge in [-0.05, 0) is 62.1 Å². The van der Waals surface area contributed by atoms with E-state index in [4.69, 9.17) is 9.47 Å². The largest absolute Gasteiger partial charge is 0.496 e. The number of fused-ring (bicyclic) bond motifs is 2. The Labute approximate surface area is 183 Å². The van der Waals surface area contributed by atoms with Gasteiger partial charge in [0, 0.05) is 47.8 Å². The van der Waals surface area contributed by atoms with E-state index in [1.807, 2.05) is 30.3 Å². The first-order valence-corrected chi connectivity index (χ1v) is 11.5. The average Bonchev–Trinajstić information content (AvgIpc) is 3.46. The maximum absolute atomic E-state index is 13.5. The van der Waals surface area contributed by atoms with Crippen molar-refractivity contribution in [2.75, 3.05) is 20.3 Å². The van der Waals surface area contributed by atoms with Crippen molar-refractivity contribution in [1.29, 1.82) is 0 Å². The van der Waals surface area contributed by atoms with Crippen molar-refractivity contribution in [1.82, 2.24) is 9.47 Å². The summed E-state index contributed by atoms with van der Waals surface area (Å²) in [5.41, 5.74) is 2.30. The number of benzene rings is 2. The average molecular weight is 423 g/mol. The number of aryl methyl sites for hydroxylation is 1. The number of aromatic nitrogens is 1. The van der Waals surface area contributed by atoms with Crippen molar-refractivity contribution < 1.29 is 13.9 Å². The molecule has 0 saturated heterocycles. The molecule has 1 aliphatic heterocycles. The predicted octanol–water partition coefficient (Wildman–Crippen LogP) is 5.43. The smallest absolute Gasteiger partial charge is 0.126 e. The summed E-state index contributed by atoms with van der Waals surface area (Å²) in [6.45, 7) is 2.72. The van der Waals surface area contributed by atoms with Crippen LogP contribution in [0.25, 0.3) is 10.9 Å². The van der Waals surface area contributed by atoms with Crippen molar-refractivity contribution in [3.8, 4) is 11.5 Å². The van der Waals surface area contributed by atoms with E-state index in [-0.39, 0.29) is 5.82 Å². The lowest BCUT2D eigenvalue weighted by molar-refractivity contribution is 0.0782. The summed E-state index contributed by atoms with van der Waals surface area (Å²) in [4.78, 5) is 2.70. The molecule has 0 radical (unpaired) electrons. The zero-order chi connectivity index (χ0) is 21.2. The van der Waals surface area contributed by atoms with Crippen LogP contribution < -0.4 is 9.47 Å². The monoisotopic (exact) mass is 422 g/mol. The molecule has 1 fully saturated rings. The van der Waals surface area contributed by atoms with E-state index < -0.39 is 0 Å². The van der Waals surface area contributed by atoms with Gasteiger partial charge in [-0.3, -0.25) is 4.90 Å². The molecule has 3 aromatic rings. The minimum absolute atomic E-state index is 0.175. The van der Waals surface area contributed by atoms with Crippen LogP contribution in [0.3, 0.4) is 0 Å². The summed E-state index contributed by atoms with van der Waals surface area (Å²) in [7, 11) is 1.74. The van der Waals surface area contributed by atoms with Gasteiger partial charge in [-0.15, -0.1) is 0 Å². The van der Waals surface area contributed by atoms with E-state index in [2.05, 4.69) is 15.7 Å². The molecule has 0 N–H and O–H groups in total. The highest BCUT2D eigenvalue weighted by molar-refractivity contribution is 5.80. The number of halogens is 1. The minimum Gasteiger partial charge on any atom is -0.496 e. The summed E-state index contributed by atoms with van der Waals surface area (Å²) < 4.78 is 27.5. The second-order valence-corrected chi connectivity index (χ2v) is 8.85. The number of hydrogen-bond acceptors (Lipinski definition) is 3. The Bertz CT molecular complexity index is 1030. The molecule has 2 aromatic carbocycles. The maximum Gasteiger partial charge on any atom is 0.126 e. The number of nitrogens with zero attached hydrogens (tertiary/aromatic N) is 2. The number of ether oxygens (including phenoxy) is 2. The van der Waals surface area contributed by atoms with Crippen LogP contribution in [0.15, 0.2) is 48.7 Å². The fourth-order valence-corrected chi connectivity index (χ4v) is 5.46. The Morgan fingerprint density at radius 1 is 1.13 bits per heavy atom. The van der Waals surface area contributed by atoms with E-state index in [1.54, 1.807) is 19.2 Å². The second-order valence-electron chi connectivity index (χ2n) is 8.85. The minimum atomic E-state index is -0.175. The van der Waals surface area contributed by atoms with Crippen molar-refractivity contribution in [3.05, 3.63) is 60.0 Å². The molecule has 5 rings (SSSR count). The summed E-state index contributed by atoms with van der Waals surface area (Å²) in [5.74, 6) is 1.72. The molecule has 2 heterocycles. The van der Waals surface area contributed by atoms with Gasteiger partial charge in [0.2, 0.25) is 0 Å². The van der Waals surface area contributed by atoms with E-state index in [9.17, 15) is 4.39 Å². The fraction of sp³-hybridized carbons (Fsp3) is 0.462. The van der Waals surface area contributed by atoms with Gasteiger partial charge in [-0.1, -0.05) is 18.9 Å². The zero-order valence-corrected chi connectivity index (χ0v) is 18.2. The van der Waals surface area contributed by atoms with E-state index in [0.717, 1.165) is 54.9 Å². The van der Waals surface area contributed by atoms with Crippen molar-refractivity contribution in [3.63, 3.8) is 0 Å². The quantitative estimate of drug-likeness (QED) is 0.508. The van der Waals surface area contributed by atoms with Crippen LogP contribution in [-0.2, 0) is 13.0 Å². The summed E-state index contributed by atoms with van der Waals surface area (Å²) in [6, 6.07) is 14.2. The molecule has 1 aliphatic carbocycles. The molecule has 0 spiro atoms. The summed E-state index contributed by atoms with van der Waals surface area (Å²) >= 11 is 0. The van der Waals surface area contributed by atoms with Gasteiger partial charge in [0.05, 0.1) is 7.11 Å². The predicted molar refractivity (Wildman–Crippen MR) is 121 cm³/mol. The van der Waals surface area contributed by atoms with Gasteiger partial charge in [0.25, 0.3) is 0 Å². The van der Waals surface area contributed by atoms with Crippen molar-refractivity contribution >= 4 is 10.9 Å². The Morgan fingerprint density at radius 3 is 2.84 bits per heavy atom. The molecule has 2 aliphatic rings. The topological polar surface area (TPSA) is 26.6 Å². The van der Waals surface area contributed by atoms with E-state index in [0.29, 0.717) is 12.1 Å². The van der Waals surface area contributed by atoms with Crippen molar-refractivity contribution in [2.45, 2.75) is 57.2 Å². The molecule has 1 saturated carbocycles. The van der Waals surface area contributed by atoms with Gasteiger partial charge < -0.3 is 14.0 Å². The zero-order valence-electron chi connectivity index (χ0n) is 18.2. The molecule has 1 unspecified atom stereocenters. The lowest BCUT2D eigenvalue weighted by Crippen LogP contribution is -2.48. The van der Waals surface area contributed by atoms with Gasteiger partial charge >= 0.3 is 0 Å². The molecule has 0 bridgehead atoms. The molecule has 5 heteroatoms. The van der Waals surface area contributed by atoms with Crippen LogP contribution in [0, 0.1) is 5.82 Å². The first kappa shape index (κ1) is 20.4. The Balaban J connectivity index is 1.30. The van der Waals surface area contributed by atoms with Gasteiger partial charge in [-0.25, -0.2) is 4.39 Å². The summed E-state index contributed by atoms with van der Waals surface area (Å²) in [5, 5.41) is 0.969. The summed E-state index contributed by atoms with van der Waals surface area (Å²) in [6.07, 6.45) is 9.32. The van der Waals surface area contributed by atoms with Crippen LogP contribution in [0.4, 0.5) is 4.39 Å². The lowest BCUT2D eigenvalue weighted by Gasteiger charge is -2.39. The first-order valence-electron chi connectivity index (χ1n) is 11.5. The fourth-order valence-electron chi connectivity index (χ4n) is 5.46. The highest BCUT2D eigenvalue weighted by Crippen LogP contribution is 2.36.